The summed E-state index contributed by atoms with van der Waals surface area (Å²) in [4.78, 5) is 31.7. The Morgan fingerprint density at radius 3 is 2.55 bits per heavy atom. The Morgan fingerprint density at radius 1 is 1.10 bits per heavy atom. The lowest BCUT2D eigenvalue weighted by Gasteiger charge is -2.24. The predicted molar refractivity (Wildman–Crippen MR) is 108 cm³/mol. The zero-order valence-electron chi connectivity index (χ0n) is 15.9. The van der Waals surface area contributed by atoms with Crippen LogP contribution in [0.3, 0.4) is 0 Å². The number of carbonyl (C=O) groups is 2. The molecule has 0 spiro atoms. The van der Waals surface area contributed by atoms with Crippen molar-refractivity contribution in [2.45, 2.75) is 25.9 Å². The van der Waals surface area contributed by atoms with Crippen LogP contribution in [0.1, 0.15) is 39.6 Å². The molecule has 146 valence electrons. The SMILES string of the molecule is Cc1ccc(N2C(=O)c3cccnc3C2CC(=O)NCc2ccc(F)cc2)cc1. The maximum absolute atomic E-state index is 13.0. The molecule has 5 nitrogen and oxygen atoms in total. The highest BCUT2D eigenvalue weighted by Crippen LogP contribution is 2.38. The monoisotopic (exact) mass is 389 g/mol. The Labute approximate surface area is 168 Å². The molecule has 1 aliphatic heterocycles. The molecule has 1 aliphatic rings. The van der Waals surface area contributed by atoms with Crippen molar-refractivity contribution in [2.75, 3.05) is 4.90 Å². The number of hydrogen-bond donors (Lipinski definition) is 1. The molecule has 2 aromatic carbocycles. The number of halogens is 1. The number of pyridine rings is 1. The number of rotatable bonds is 5. The Morgan fingerprint density at radius 2 is 1.83 bits per heavy atom. The van der Waals surface area contributed by atoms with Gasteiger partial charge in [-0.1, -0.05) is 29.8 Å². The van der Waals surface area contributed by atoms with Crippen LogP contribution in [0.5, 0.6) is 0 Å². The highest BCUT2D eigenvalue weighted by atomic mass is 19.1. The molecule has 1 atom stereocenters. The molecule has 2 heterocycles. The normalized spacial score (nSPS) is 15.3. The summed E-state index contributed by atoms with van der Waals surface area (Å²) < 4.78 is 13.0. The van der Waals surface area contributed by atoms with E-state index in [1.807, 2.05) is 31.2 Å². The van der Waals surface area contributed by atoms with Crippen molar-refractivity contribution in [3.8, 4) is 0 Å². The first kappa shape index (κ1) is 18.8. The zero-order valence-corrected chi connectivity index (χ0v) is 15.9. The molecule has 0 fully saturated rings. The Balaban J connectivity index is 1.55. The zero-order chi connectivity index (χ0) is 20.4. The number of anilines is 1. The molecule has 4 rings (SSSR count). The van der Waals surface area contributed by atoms with Gasteiger partial charge in [0.1, 0.15) is 5.82 Å². The lowest BCUT2D eigenvalue weighted by atomic mass is 10.1. The average Bonchev–Trinajstić information content (AvgIpc) is 3.00. The summed E-state index contributed by atoms with van der Waals surface area (Å²) in [5.74, 6) is -0.683. The van der Waals surface area contributed by atoms with E-state index in [2.05, 4.69) is 10.3 Å². The van der Waals surface area contributed by atoms with Gasteiger partial charge in [-0.05, 0) is 48.9 Å². The van der Waals surface area contributed by atoms with Gasteiger partial charge in [0, 0.05) is 18.4 Å². The second kappa shape index (κ2) is 7.83. The molecule has 29 heavy (non-hydrogen) atoms. The first-order valence-corrected chi connectivity index (χ1v) is 9.39. The standard InChI is InChI=1S/C23H20FN3O2/c1-15-4-10-18(11-5-15)27-20(22-19(23(27)29)3-2-12-25-22)13-21(28)26-14-16-6-8-17(24)9-7-16/h2-12,20H,13-14H2,1H3,(H,26,28). The van der Waals surface area contributed by atoms with Crippen molar-refractivity contribution in [3.63, 3.8) is 0 Å². The van der Waals surface area contributed by atoms with Crippen molar-refractivity contribution in [1.82, 2.24) is 10.3 Å². The van der Waals surface area contributed by atoms with Gasteiger partial charge in [0.15, 0.2) is 0 Å². The molecule has 0 saturated heterocycles. The summed E-state index contributed by atoms with van der Waals surface area (Å²) in [6.45, 7) is 2.27. The molecular formula is C23H20FN3O2. The summed E-state index contributed by atoms with van der Waals surface area (Å²) in [5, 5.41) is 2.84. The van der Waals surface area contributed by atoms with Gasteiger partial charge in [-0.15, -0.1) is 0 Å². The fourth-order valence-electron chi connectivity index (χ4n) is 3.50. The van der Waals surface area contributed by atoms with Crippen molar-refractivity contribution in [2.24, 2.45) is 0 Å². The summed E-state index contributed by atoms with van der Waals surface area (Å²) >= 11 is 0. The van der Waals surface area contributed by atoms with Crippen molar-refractivity contribution >= 4 is 17.5 Å². The Kier molecular flexibility index (Phi) is 5.08. The number of carbonyl (C=O) groups excluding carboxylic acids is 2. The van der Waals surface area contributed by atoms with Crippen LogP contribution in [0, 0.1) is 12.7 Å². The quantitative estimate of drug-likeness (QED) is 0.719. The predicted octanol–water partition coefficient (Wildman–Crippen LogP) is 3.94. The number of hydrogen-bond acceptors (Lipinski definition) is 3. The smallest absolute Gasteiger partial charge is 0.260 e. The van der Waals surface area contributed by atoms with E-state index < -0.39 is 6.04 Å². The van der Waals surface area contributed by atoms with Gasteiger partial charge in [0.2, 0.25) is 5.91 Å². The lowest BCUT2D eigenvalue weighted by molar-refractivity contribution is -0.121. The van der Waals surface area contributed by atoms with Gasteiger partial charge >= 0.3 is 0 Å². The van der Waals surface area contributed by atoms with E-state index in [-0.39, 0.29) is 24.1 Å². The van der Waals surface area contributed by atoms with E-state index in [1.165, 1.54) is 12.1 Å². The molecule has 0 bridgehead atoms. The fourth-order valence-corrected chi connectivity index (χ4v) is 3.50. The number of fused-ring (bicyclic) bond motifs is 1. The third-order valence-corrected chi connectivity index (χ3v) is 5.01. The number of nitrogens with one attached hydrogen (secondary N) is 1. The van der Waals surface area contributed by atoms with Gasteiger partial charge in [0.25, 0.3) is 5.91 Å². The van der Waals surface area contributed by atoms with E-state index in [0.29, 0.717) is 17.8 Å². The second-order valence-electron chi connectivity index (χ2n) is 7.07. The van der Waals surface area contributed by atoms with E-state index in [1.54, 1.807) is 35.4 Å². The Bertz CT molecular complexity index is 1050. The van der Waals surface area contributed by atoms with Crippen LogP contribution in [0.15, 0.2) is 66.9 Å². The van der Waals surface area contributed by atoms with Crippen LogP contribution in [-0.2, 0) is 11.3 Å². The van der Waals surface area contributed by atoms with Crippen molar-refractivity contribution in [3.05, 3.63) is 95.1 Å². The summed E-state index contributed by atoms with van der Waals surface area (Å²) in [5.41, 5.74) is 3.75. The van der Waals surface area contributed by atoms with Gasteiger partial charge in [-0.25, -0.2) is 4.39 Å². The summed E-state index contributed by atoms with van der Waals surface area (Å²) in [7, 11) is 0. The van der Waals surface area contributed by atoms with Gasteiger partial charge in [0.05, 0.1) is 23.7 Å². The molecule has 0 saturated carbocycles. The molecule has 2 amide bonds. The molecule has 3 aromatic rings. The molecule has 0 aliphatic carbocycles. The maximum Gasteiger partial charge on any atom is 0.260 e. The largest absolute Gasteiger partial charge is 0.352 e. The molecular weight excluding hydrogens is 369 g/mol. The molecule has 1 N–H and O–H groups in total. The van der Waals surface area contributed by atoms with E-state index in [4.69, 9.17) is 0 Å². The van der Waals surface area contributed by atoms with Gasteiger partial charge in [-0.3, -0.25) is 19.5 Å². The fraction of sp³-hybridized carbons (Fsp3) is 0.174. The van der Waals surface area contributed by atoms with Crippen LogP contribution >= 0.6 is 0 Å². The third-order valence-electron chi connectivity index (χ3n) is 5.01. The minimum atomic E-state index is -0.477. The summed E-state index contributed by atoms with van der Waals surface area (Å²) in [6.07, 6.45) is 1.72. The number of benzene rings is 2. The molecule has 0 radical (unpaired) electrons. The van der Waals surface area contributed by atoms with Crippen LogP contribution in [0.2, 0.25) is 0 Å². The van der Waals surface area contributed by atoms with Crippen molar-refractivity contribution in [1.29, 1.82) is 0 Å². The minimum absolute atomic E-state index is 0.0881. The third kappa shape index (κ3) is 3.87. The average molecular weight is 389 g/mol. The minimum Gasteiger partial charge on any atom is -0.352 e. The van der Waals surface area contributed by atoms with Crippen LogP contribution in [-0.4, -0.2) is 16.8 Å². The highest BCUT2D eigenvalue weighted by molar-refractivity contribution is 6.11. The van der Waals surface area contributed by atoms with E-state index in [9.17, 15) is 14.0 Å². The number of amides is 2. The van der Waals surface area contributed by atoms with E-state index in [0.717, 1.165) is 16.8 Å². The maximum atomic E-state index is 13.0. The van der Waals surface area contributed by atoms with Gasteiger partial charge in [-0.2, -0.15) is 0 Å². The van der Waals surface area contributed by atoms with Crippen molar-refractivity contribution < 1.29 is 14.0 Å². The number of aromatic nitrogens is 1. The number of nitrogens with zero attached hydrogens (tertiary/aromatic N) is 2. The summed E-state index contributed by atoms with van der Waals surface area (Å²) in [6, 6.07) is 16.6. The number of aryl methyl sites for hydroxylation is 1. The van der Waals surface area contributed by atoms with E-state index >= 15 is 0 Å². The van der Waals surface area contributed by atoms with Crippen LogP contribution < -0.4 is 10.2 Å². The lowest BCUT2D eigenvalue weighted by Crippen LogP contribution is -2.33. The molecule has 1 aromatic heterocycles. The molecule has 1 unspecified atom stereocenters. The second-order valence-corrected chi connectivity index (χ2v) is 7.07. The first-order chi connectivity index (χ1) is 14.0. The van der Waals surface area contributed by atoms with Crippen LogP contribution in [0.25, 0.3) is 0 Å². The van der Waals surface area contributed by atoms with Gasteiger partial charge < -0.3 is 5.32 Å². The Hall–Kier alpha value is -3.54. The highest BCUT2D eigenvalue weighted by Gasteiger charge is 2.39. The topological polar surface area (TPSA) is 62.3 Å². The molecule has 6 heteroatoms. The first-order valence-electron chi connectivity index (χ1n) is 9.39. The van der Waals surface area contributed by atoms with Crippen LogP contribution in [0.4, 0.5) is 10.1 Å².